The molecule has 7 aliphatic rings. The van der Waals surface area contributed by atoms with E-state index in [-0.39, 0.29) is 30.3 Å². The molecule has 8 rings (SSSR count). The van der Waals surface area contributed by atoms with E-state index in [1.54, 1.807) is 0 Å². The van der Waals surface area contributed by atoms with E-state index in [0.29, 0.717) is 37.6 Å². The van der Waals surface area contributed by atoms with Crippen molar-refractivity contribution in [2.75, 3.05) is 13.2 Å². The van der Waals surface area contributed by atoms with E-state index < -0.39 is 5.60 Å². The Kier molecular flexibility index (Phi) is 5.03. The Morgan fingerprint density at radius 3 is 2.44 bits per heavy atom. The Hall–Kier alpha value is -1.99. The van der Waals surface area contributed by atoms with E-state index in [1.807, 2.05) is 18.2 Å². The molecule has 6 bridgehead atoms. The van der Waals surface area contributed by atoms with Crippen molar-refractivity contribution in [2.24, 2.45) is 17.8 Å². The van der Waals surface area contributed by atoms with Crippen LogP contribution in [-0.2, 0) is 11.3 Å². The number of benzene rings is 1. The van der Waals surface area contributed by atoms with Crippen LogP contribution in [0.1, 0.15) is 63.4 Å². The molecule has 7 heteroatoms. The van der Waals surface area contributed by atoms with Gasteiger partial charge >= 0.3 is 6.03 Å². The molecule has 4 unspecified atom stereocenters. The fourth-order valence-electron chi connectivity index (χ4n) is 8.42. The van der Waals surface area contributed by atoms with Crippen molar-refractivity contribution in [3.8, 4) is 11.5 Å². The highest BCUT2D eigenvalue weighted by atomic mass is 16.6. The zero-order valence-corrected chi connectivity index (χ0v) is 19.8. The highest BCUT2D eigenvalue weighted by Crippen LogP contribution is 2.55. The summed E-state index contributed by atoms with van der Waals surface area (Å²) in [6.07, 6.45) is 9.21. The smallest absolute Gasteiger partial charge is 0.318 e. The van der Waals surface area contributed by atoms with Gasteiger partial charge in [0.1, 0.15) is 13.2 Å². The summed E-state index contributed by atoms with van der Waals surface area (Å²) in [5.41, 5.74) is 0.643. The number of nitrogens with zero attached hydrogens (tertiary/aromatic N) is 1. The second-order valence-electron chi connectivity index (χ2n) is 11.8. The van der Waals surface area contributed by atoms with Crippen LogP contribution in [0.2, 0.25) is 0 Å². The molecule has 0 radical (unpaired) electrons. The van der Waals surface area contributed by atoms with Crippen LogP contribution in [-0.4, -0.2) is 59.1 Å². The Morgan fingerprint density at radius 2 is 1.74 bits per heavy atom. The van der Waals surface area contributed by atoms with Gasteiger partial charge in [-0.2, -0.15) is 0 Å². The minimum atomic E-state index is -0.455. The van der Waals surface area contributed by atoms with Gasteiger partial charge in [-0.3, -0.25) is 0 Å². The van der Waals surface area contributed by atoms with Crippen molar-refractivity contribution in [1.29, 1.82) is 0 Å². The minimum Gasteiger partial charge on any atom is -0.486 e. The number of aliphatic hydroxyl groups is 1. The monoisotopic (exact) mass is 468 g/mol. The second-order valence-corrected chi connectivity index (χ2v) is 11.8. The Balaban J connectivity index is 0.961. The van der Waals surface area contributed by atoms with Gasteiger partial charge in [0.05, 0.1) is 18.3 Å². The number of amides is 2. The molecule has 0 aromatic heterocycles. The predicted molar refractivity (Wildman–Crippen MR) is 125 cm³/mol. The normalized spacial score (nSPS) is 41.6. The number of hydrogen-bond donors (Lipinski definition) is 2. The molecule has 2 N–H and O–H groups in total. The van der Waals surface area contributed by atoms with Crippen LogP contribution >= 0.6 is 0 Å². The first-order chi connectivity index (χ1) is 16.5. The highest BCUT2D eigenvalue weighted by molar-refractivity contribution is 5.76. The van der Waals surface area contributed by atoms with Crippen LogP contribution in [0.15, 0.2) is 18.2 Å². The van der Waals surface area contributed by atoms with Crippen molar-refractivity contribution in [1.82, 2.24) is 10.2 Å². The summed E-state index contributed by atoms with van der Waals surface area (Å²) in [4.78, 5) is 15.6. The summed E-state index contributed by atoms with van der Waals surface area (Å²) in [5, 5.41) is 14.3. The molecule has 6 fully saturated rings. The molecule has 1 aromatic rings. The third kappa shape index (κ3) is 3.67. The van der Waals surface area contributed by atoms with Gasteiger partial charge in [-0.25, -0.2) is 4.79 Å². The molecule has 7 nitrogen and oxygen atoms in total. The zero-order valence-electron chi connectivity index (χ0n) is 19.8. The van der Waals surface area contributed by atoms with Gasteiger partial charge in [0, 0.05) is 18.1 Å². The maximum atomic E-state index is 13.4. The van der Waals surface area contributed by atoms with Crippen molar-refractivity contribution in [3.05, 3.63) is 23.8 Å². The number of fused-ring (bicyclic) bond motifs is 3. The van der Waals surface area contributed by atoms with Gasteiger partial charge < -0.3 is 29.5 Å². The lowest BCUT2D eigenvalue weighted by Crippen LogP contribution is -2.64. The average Bonchev–Trinajstić information content (AvgIpc) is 3.09. The van der Waals surface area contributed by atoms with Gasteiger partial charge in [0.25, 0.3) is 0 Å². The highest BCUT2D eigenvalue weighted by Gasteiger charge is 2.55. The third-order valence-electron chi connectivity index (χ3n) is 9.55. The molecule has 1 aromatic carbocycles. The van der Waals surface area contributed by atoms with Crippen LogP contribution in [0.4, 0.5) is 4.79 Å². The third-order valence-corrected chi connectivity index (χ3v) is 9.55. The molecule has 4 aliphatic carbocycles. The SMILES string of the molecule is O=C(NC1C2CC3CC1CC(O)(C3)C2)N1C2CC[C@H]1CC(OCc1ccc3c(c1)OCCO3)C2. The second kappa shape index (κ2) is 8.02. The molecule has 3 aliphatic heterocycles. The van der Waals surface area contributed by atoms with Crippen LogP contribution in [0.3, 0.4) is 0 Å². The van der Waals surface area contributed by atoms with E-state index in [4.69, 9.17) is 14.2 Å². The van der Waals surface area contributed by atoms with Crippen molar-refractivity contribution in [3.63, 3.8) is 0 Å². The number of hydrogen-bond acceptors (Lipinski definition) is 5. The number of carbonyl (C=O) groups excluding carboxylic acids is 1. The fraction of sp³-hybridized carbons (Fsp3) is 0.741. The van der Waals surface area contributed by atoms with Crippen LogP contribution < -0.4 is 14.8 Å². The molecular formula is C27H36N2O5. The average molecular weight is 469 g/mol. The van der Waals surface area contributed by atoms with E-state index in [0.717, 1.165) is 62.0 Å². The first-order valence-corrected chi connectivity index (χ1v) is 13.3. The Morgan fingerprint density at radius 1 is 1.03 bits per heavy atom. The molecule has 0 spiro atoms. The van der Waals surface area contributed by atoms with Crippen LogP contribution in [0.5, 0.6) is 11.5 Å². The van der Waals surface area contributed by atoms with Crippen molar-refractivity contribution in [2.45, 2.75) is 94.2 Å². The summed E-state index contributed by atoms with van der Waals surface area (Å²) >= 11 is 0. The van der Waals surface area contributed by atoms with E-state index in [1.165, 1.54) is 12.8 Å². The van der Waals surface area contributed by atoms with Gasteiger partial charge in [-0.1, -0.05) is 6.07 Å². The molecule has 2 amide bonds. The predicted octanol–water partition coefficient (Wildman–Crippen LogP) is 3.62. The fourth-order valence-corrected chi connectivity index (χ4v) is 8.42. The van der Waals surface area contributed by atoms with Gasteiger partial charge in [-0.15, -0.1) is 0 Å². The standard InChI is InChI=1S/C27H36N2O5/c30-26(28-25-18-7-17-8-19(25)14-27(31,12-17)13-18)29-20-2-3-21(29)11-22(10-20)34-15-16-1-4-23-24(9-16)33-6-5-32-23/h1,4,9,17-22,25,31H,2-3,5-8,10-15H2,(H,28,30)/t17?,18?,19?,20-,21?,22?,25?,27?/m0/s1. The molecule has 34 heavy (non-hydrogen) atoms. The first kappa shape index (κ1) is 21.3. The molecule has 2 saturated heterocycles. The van der Waals surface area contributed by atoms with Crippen LogP contribution in [0, 0.1) is 17.8 Å². The number of ether oxygens (including phenoxy) is 3. The summed E-state index contributed by atoms with van der Waals surface area (Å²) < 4.78 is 17.6. The molecule has 5 atom stereocenters. The van der Waals surface area contributed by atoms with E-state index in [9.17, 15) is 9.90 Å². The topological polar surface area (TPSA) is 80.3 Å². The number of nitrogens with one attached hydrogen (secondary N) is 1. The summed E-state index contributed by atoms with van der Waals surface area (Å²) in [5.74, 6) is 3.17. The first-order valence-electron chi connectivity index (χ1n) is 13.3. The van der Waals surface area contributed by atoms with E-state index >= 15 is 0 Å². The lowest BCUT2D eigenvalue weighted by Gasteiger charge is -2.58. The number of rotatable bonds is 4. The number of carbonyl (C=O) groups is 1. The Bertz CT molecular complexity index is 938. The maximum Gasteiger partial charge on any atom is 0.318 e. The molecule has 184 valence electrons. The lowest BCUT2D eigenvalue weighted by molar-refractivity contribution is -0.137. The summed E-state index contributed by atoms with van der Waals surface area (Å²) in [6.45, 7) is 1.75. The van der Waals surface area contributed by atoms with Gasteiger partial charge in [0.15, 0.2) is 11.5 Å². The van der Waals surface area contributed by atoms with E-state index in [2.05, 4.69) is 10.2 Å². The number of piperidine rings is 1. The Labute approximate surface area is 201 Å². The van der Waals surface area contributed by atoms with Crippen molar-refractivity contribution < 1.29 is 24.1 Å². The summed E-state index contributed by atoms with van der Waals surface area (Å²) in [7, 11) is 0. The van der Waals surface area contributed by atoms with Crippen LogP contribution in [0.25, 0.3) is 0 Å². The quantitative estimate of drug-likeness (QED) is 0.706. The zero-order chi connectivity index (χ0) is 22.9. The lowest BCUT2D eigenvalue weighted by atomic mass is 9.52. The molecule has 4 saturated carbocycles. The van der Waals surface area contributed by atoms with Gasteiger partial charge in [-0.05, 0) is 93.2 Å². The van der Waals surface area contributed by atoms with Crippen molar-refractivity contribution >= 4 is 6.03 Å². The molecule has 3 heterocycles. The molecular weight excluding hydrogens is 432 g/mol. The largest absolute Gasteiger partial charge is 0.486 e. The minimum absolute atomic E-state index is 0.127. The maximum absolute atomic E-state index is 13.4. The number of urea groups is 1. The van der Waals surface area contributed by atoms with Gasteiger partial charge in [0.2, 0.25) is 0 Å². The summed E-state index contributed by atoms with van der Waals surface area (Å²) in [6, 6.07) is 6.94.